The molecule has 0 spiro atoms. The maximum absolute atomic E-state index is 12.5. The summed E-state index contributed by atoms with van der Waals surface area (Å²) in [6.07, 6.45) is 0.0111. The molecule has 2 rings (SSSR count). The van der Waals surface area contributed by atoms with Crippen LogP contribution in [0, 0.1) is 0 Å². The van der Waals surface area contributed by atoms with E-state index in [0.717, 1.165) is 5.69 Å². The third-order valence-electron chi connectivity index (χ3n) is 3.97. The molecule has 7 heteroatoms. The van der Waals surface area contributed by atoms with E-state index in [1.807, 2.05) is 30.3 Å². The Balaban J connectivity index is 1.84. The molecule has 28 heavy (non-hydrogen) atoms. The number of ether oxygens (including phenoxy) is 2. The second-order valence-electron chi connectivity index (χ2n) is 6.04. The van der Waals surface area contributed by atoms with Crippen LogP contribution in [0.3, 0.4) is 0 Å². The molecule has 0 aliphatic rings. The van der Waals surface area contributed by atoms with Crippen LogP contribution in [0.5, 0.6) is 0 Å². The molecule has 0 saturated carbocycles. The van der Waals surface area contributed by atoms with Crippen molar-refractivity contribution in [3.63, 3.8) is 0 Å². The Morgan fingerprint density at radius 1 is 0.929 bits per heavy atom. The first kappa shape index (κ1) is 21.1. The topological polar surface area (TPSA) is 84.9 Å². The lowest BCUT2D eigenvalue weighted by molar-refractivity contribution is -0.145. The standard InChI is InChI=1S/C21H24N2O5/c1-23(18-6-4-3-5-7-18)21(26)16-8-10-17(11-9-16)22-19(24)12-13-20(25)28-15-14-27-2/h3-11H,12-15H2,1-2H3,(H,22,24). The van der Waals surface area contributed by atoms with E-state index in [4.69, 9.17) is 9.47 Å². The number of nitrogens with zero attached hydrogens (tertiary/aromatic N) is 1. The molecular formula is C21H24N2O5. The predicted molar refractivity (Wildman–Crippen MR) is 106 cm³/mol. The summed E-state index contributed by atoms with van der Waals surface area (Å²) in [5.41, 5.74) is 1.85. The second kappa shape index (κ2) is 10.8. The Hall–Kier alpha value is -3.19. The van der Waals surface area contributed by atoms with E-state index in [9.17, 15) is 14.4 Å². The fourth-order valence-corrected chi connectivity index (χ4v) is 2.41. The lowest BCUT2D eigenvalue weighted by Gasteiger charge is -2.17. The van der Waals surface area contributed by atoms with Gasteiger partial charge in [-0.1, -0.05) is 18.2 Å². The number of esters is 1. The summed E-state index contributed by atoms with van der Waals surface area (Å²) in [6, 6.07) is 15.9. The Morgan fingerprint density at radius 3 is 2.25 bits per heavy atom. The Kier molecular flexibility index (Phi) is 8.17. The molecule has 0 aromatic heterocycles. The number of anilines is 2. The quantitative estimate of drug-likeness (QED) is 0.531. The van der Waals surface area contributed by atoms with E-state index in [2.05, 4.69) is 5.32 Å². The fraction of sp³-hybridized carbons (Fsp3) is 0.286. The minimum atomic E-state index is -0.447. The summed E-state index contributed by atoms with van der Waals surface area (Å²) in [5.74, 6) is -0.899. The van der Waals surface area contributed by atoms with Crippen molar-refractivity contribution in [3.8, 4) is 0 Å². The van der Waals surface area contributed by atoms with Gasteiger partial charge in [0, 0.05) is 37.5 Å². The number of carbonyl (C=O) groups is 3. The third-order valence-corrected chi connectivity index (χ3v) is 3.97. The van der Waals surface area contributed by atoms with Gasteiger partial charge < -0.3 is 19.7 Å². The predicted octanol–water partition coefficient (Wildman–Crippen LogP) is 2.87. The fourth-order valence-electron chi connectivity index (χ4n) is 2.41. The van der Waals surface area contributed by atoms with E-state index >= 15 is 0 Å². The van der Waals surface area contributed by atoms with Crippen LogP contribution in [0.15, 0.2) is 54.6 Å². The summed E-state index contributed by atoms with van der Waals surface area (Å²) in [4.78, 5) is 37.5. The summed E-state index contributed by atoms with van der Waals surface area (Å²) >= 11 is 0. The highest BCUT2D eigenvalue weighted by molar-refractivity contribution is 6.06. The SMILES string of the molecule is COCCOC(=O)CCC(=O)Nc1ccc(C(=O)N(C)c2ccccc2)cc1. The van der Waals surface area contributed by atoms with Crippen LogP contribution in [-0.4, -0.2) is 45.2 Å². The van der Waals surface area contributed by atoms with E-state index in [-0.39, 0.29) is 31.3 Å². The molecule has 2 aromatic rings. The zero-order chi connectivity index (χ0) is 20.4. The summed E-state index contributed by atoms with van der Waals surface area (Å²) < 4.78 is 9.68. The molecule has 0 aliphatic heterocycles. The minimum Gasteiger partial charge on any atom is -0.463 e. The number of benzene rings is 2. The van der Waals surface area contributed by atoms with Crippen molar-refractivity contribution in [1.82, 2.24) is 0 Å². The molecule has 7 nitrogen and oxygen atoms in total. The van der Waals surface area contributed by atoms with Crippen LogP contribution in [0.25, 0.3) is 0 Å². The lowest BCUT2D eigenvalue weighted by Crippen LogP contribution is -2.26. The first-order valence-corrected chi connectivity index (χ1v) is 8.89. The normalized spacial score (nSPS) is 10.2. The third kappa shape index (κ3) is 6.51. The average molecular weight is 384 g/mol. The first-order valence-electron chi connectivity index (χ1n) is 8.89. The van der Waals surface area contributed by atoms with Gasteiger partial charge in [-0.25, -0.2) is 0 Å². The maximum Gasteiger partial charge on any atom is 0.306 e. The highest BCUT2D eigenvalue weighted by Gasteiger charge is 2.13. The number of methoxy groups -OCH3 is 1. The Bertz CT molecular complexity index is 790. The molecule has 2 amide bonds. The number of carbonyl (C=O) groups excluding carboxylic acids is 3. The Morgan fingerprint density at radius 2 is 1.61 bits per heavy atom. The molecule has 0 bridgehead atoms. The van der Waals surface area contributed by atoms with Crippen molar-refractivity contribution in [2.75, 3.05) is 37.6 Å². The monoisotopic (exact) mass is 384 g/mol. The van der Waals surface area contributed by atoms with Gasteiger partial charge in [0.15, 0.2) is 0 Å². The minimum absolute atomic E-state index is 0.00596. The molecule has 1 N–H and O–H groups in total. The van der Waals surface area contributed by atoms with Crippen molar-refractivity contribution in [1.29, 1.82) is 0 Å². The molecule has 0 saturated heterocycles. The van der Waals surface area contributed by atoms with E-state index in [1.165, 1.54) is 7.11 Å². The highest BCUT2D eigenvalue weighted by atomic mass is 16.6. The summed E-state index contributed by atoms with van der Waals surface area (Å²) in [5, 5.41) is 2.70. The van der Waals surface area contributed by atoms with Gasteiger partial charge in [0.2, 0.25) is 5.91 Å². The average Bonchev–Trinajstić information content (AvgIpc) is 2.72. The molecule has 0 heterocycles. The molecule has 0 atom stereocenters. The van der Waals surface area contributed by atoms with Crippen LogP contribution in [0.4, 0.5) is 11.4 Å². The largest absolute Gasteiger partial charge is 0.463 e. The number of nitrogens with one attached hydrogen (secondary N) is 1. The van der Waals surface area contributed by atoms with Crippen LogP contribution in [0.2, 0.25) is 0 Å². The Labute approximate surface area is 164 Å². The zero-order valence-corrected chi connectivity index (χ0v) is 16.0. The van der Waals surface area contributed by atoms with Crippen molar-refractivity contribution >= 4 is 29.2 Å². The summed E-state index contributed by atoms with van der Waals surface area (Å²) in [6.45, 7) is 0.492. The molecule has 0 radical (unpaired) electrons. The van der Waals surface area contributed by atoms with Crippen LogP contribution < -0.4 is 10.2 Å². The molecule has 0 unspecified atom stereocenters. The van der Waals surface area contributed by atoms with Gasteiger partial charge in [-0.2, -0.15) is 0 Å². The van der Waals surface area contributed by atoms with Gasteiger partial charge in [0.25, 0.3) is 5.91 Å². The first-order chi connectivity index (χ1) is 13.5. The van der Waals surface area contributed by atoms with Crippen molar-refractivity contribution < 1.29 is 23.9 Å². The molecule has 148 valence electrons. The van der Waals surface area contributed by atoms with Crippen LogP contribution in [-0.2, 0) is 19.1 Å². The second-order valence-corrected chi connectivity index (χ2v) is 6.04. The van der Waals surface area contributed by atoms with E-state index in [1.54, 1.807) is 36.2 Å². The maximum atomic E-state index is 12.5. The number of rotatable bonds is 9. The van der Waals surface area contributed by atoms with Crippen molar-refractivity contribution in [3.05, 3.63) is 60.2 Å². The highest BCUT2D eigenvalue weighted by Crippen LogP contribution is 2.17. The van der Waals surface area contributed by atoms with Crippen molar-refractivity contribution in [2.45, 2.75) is 12.8 Å². The molecule has 0 aliphatic carbocycles. The molecule has 2 aromatic carbocycles. The van der Waals surface area contributed by atoms with Crippen molar-refractivity contribution in [2.24, 2.45) is 0 Å². The number of hydrogen-bond acceptors (Lipinski definition) is 5. The van der Waals surface area contributed by atoms with E-state index < -0.39 is 5.97 Å². The smallest absolute Gasteiger partial charge is 0.306 e. The number of para-hydroxylation sites is 1. The zero-order valence-electron chi connectivity index (χ0n) is 16.0. The lowest BCUT2D eigenvalue weighted by atomic mass is 10.1. The number of hydrogen-bond donors (Lipinski definition) is 1. The van der Waals surface area contributed by atoms with Crippen LogP contribution >= 0.6 is 0 Å². The summed E-state index contributed by atoms with van der Waals surface area (Å²) in [7, 11) is 3.22. The van der Waals surface area contributed by atoms with Gasteiger partial charge in [0.05, 0.1) is 13.0 Å². The molecule has 0 fully saturated rings. The van der Waals surface area contributed by atoms with Gasteiger partial charge in [-0.05, 0) is 36.4 Å². The van der Waals surface area contributed by atoms with Gasteiger partial charge >= 0.3 is 5.97 Å². The van der Waals surface area contributed by atoms with Gasteiger partial charge in [-0.3, -0.25) is 14.4 Å². The molecular weight excluding hydrogens is 360 g/mol. The van der Waals surface area contributed by atoms with Gasteiger partial charge in [-0.15, -0.1) is 0 Å². The van der Waals surface area contributed by atoms with Crippen LogP contribution in [0.1, 0.15) is 23.2 Å². The van der Waals surface area contributed by atoms with E-state index in [0.29, 0.717) is 17.9 Å². The number of amides is 2. The van der Waals surface area contributed by atoms with Gasteiger partial charge in [0.1, 0.15) is 6.61 Å².